The molecule has 19 heavy (non-hydrogen) atoms. The van der Waals surface area contributed by atoms with Crippen LogP contribution in [0.5, 0.6) is 0 Å². The third-order valence-electron chi connectivity index (χ3n) is 3.56. The molecule has 0 saturated heterocycles. The van der Waals surface area contributed by atoms with Crippen LogP contribution in [-0.2, 0) is 9.47 Å². The first-order chi connectivity index (χ1) is 9.09. The van der Waals surface area contributed by atoms with Crippen LogP contribution in [0.4, 0.5) is 0 Å². The molecule has 1 fully saturated rings. The lowest BCUT2D eigenvalue weighted by Gasteiger charge is -2.29. The Morgan fingerprint density at radius 3 is 2.68 bits per heavy atom. The molecule has 0 aromatic heterocycles. The number of hydrogen-bond donors (Lipinski definition) is 2. The van der Waals surface area contributed by atoms with Crippen molar-refractivity contribution in [1.82, 2.24) is 5.32 Å². The van der Waals surface area contributed by atoms with Crippen LogP contribution < -0.4 is 5.32 Å². The predicted molar refractivity (Wildman–Crippen MR) is 77.4 cm³/mol. The second kappa shape index (κ2) is 8.90. The zero-order chi connectivity index (χ0) is 14.1. The minimum Gasteiger partial charge on any atom is -0.394 e. The molecule has 0 radical (unpaired) electrons. The second-order valence-electron chi connectivity index (χ2n) is 5.94. The van der Waals surface area contributed by atoms with E-state index in [1.807, 2.05) is 13.8 Å². The second-order valence-corrected chi connectivity index (χ2v) is 5.94. The number of nitrogens with one attached hydrogen (secondary N) is 1. The maximum absolute atomic E-state index is 9.49. The lowest BCUT2D eigenvalue weighted by atomic mass is 9.95. The molecule has 1 saturated carbocycles. The van der Waals surface area contributed by atoms with Crippen molar-refractivity contribution in [2.24, 2.45) is 0 Å². The molecular weight excluding hydrogens is 242 g/mol. The molecule has 114 valence electrons. The molecule has 4 heteroatoms. The van der Waals surface area contributed by atoms with E-state index in [-0.39, 0.29) is 18.2 Å². The minimum absolute atomic E-state index is 0.113. The minimum atomic E-state index is -0.113. The first-order valence-corrected chi connectivity index (χ1v) is 7.67. The molecule has 0 heterocycles. The number of aliphatic hydroxyl groups excluding tert-OH is 1. The van der Waals surface area contributed by atoms with Crippen molar-refractivity contribution >= 4 is 0 Å². The van der Waals surface area contributed by atoms with Crippen molar-refractivity contribution in [3.8, 4) is 0 Å². The smallest absolute Gasteiger partial charge is 0.0780 e. The quantitative estimate of drug-likeness (QED) is 0.535. The summed E-state index contributed by atoms with van der Waals surface area (Å²) in [6.07, 6.45) is 5.81. The van der Waals surface area contributed by atoms with Gasteiger partial charge in [-0.25, -0.2) is 0 Å². The molecule has 0 aliphatic heterocycles. The van der Waals surface area contributed by atoms with Crippen molar-refractivity contribution in [3.63, 3.8) is 0 Å². The van der Waals surface area contributed by atoms with Gasteiger partial charge in [0.25, 0.3) is 0 Å². The maximum atomic E-state index is 9.49. The van der Waals surface area contributed by atoms with Crippen LogP contribution in [0.3, 0.4) is 0 Å². The molecule has 1 rings (SSSR count). The van der Waals surface area contributed by atoms with Gasteiger partial charge in [0.2, 0.25) is 0 Å². The van der Waals surface area contributed by atoms with Crippen molar-refractivity contribution in [2.75, 3.05) is 26.4 Å². The Balaban J connectivity index is 2.01. The highest BCUT2D eigenvalue weighted by molar-refractivity contribution is 4.92. The molecular formula is C15H31NO3. The number of rotatable bonds is 12. The molecule has 1 aliphatic carbocycles. The lowest BCUT2D eigenvalue weighted by molar-refractivity contribution is -0.00517. The van der Waals surface area contributed by atoms with Gasteiger partial charge in [0, 0.05) is 24.8 Å². The molecule has 0 aromatic rings. The summed E-state index contributed by atoms with van der Waals surface area (Å²) >= 11 is 0. The van der Waals surface area contributed by atoms with E-state index in [1.165, 1.54) is 12.8 Å². The Hall–Kier alpha value is -0.160. The van der Waals surface area contributed by atoms with Crippen LogP contribution >= 0.6 is 0 Å². The third kappa shape index (κ3) is 7.88. The summed E-state index contributed by atoms with van der Waals surface area (Å²) in [5, 5.41) is 13.0. The Labute approximate surface area is 117 Å². The van der Waals surface area contributed by atoms with Gasteiger partial charge in [-0.05, 0) is 52.9 Å². The summed E-state index contributed by atoms with van der Waals surface area (Å²) < 4.78 is 11.0. The fraction of sp³-hybridized carbons (Fsp3) is 1.00. The molecule has 0 spiro atoms. The zero-order valence-electron chi connectivity index (χ0n) is 12.8. The van der Waals surface area contributed by atoms with Crippen molar-refractivity contribution in [3.05, 3.63) is 0 Å². The van der Waals surface area contributed by atoms with E-state index < -0.39 is 0 Å². The van der Waals surface area contributed by atoms with E-state index in [4.69, 9.17) is 9.47 Å². The van der Waals surface area contributed by atoms with Crippen molar-refractivity contribution < 1.29 is 14.6 Å². The van der Waals surface area contributed by atoms with Gasteiger partial charge >= 0.3 is 0 Å². The summed E-state index contributed by atoms with van der Waals surface area (Å²) in [5.41, 5.74) is -0.113. The van der Waals surface area contributed by atoms with Gasteiger partial charge in [-0.2, -0.15) is 0 Å². The molecule has 2 atom stereocenters. The third-order valence-corrected chi connectivity index (χ3v) is 3.56. The van der Waals surface area contributed by atoms with Crippen LogP contribution in [0.2, 0.25) is 0 Å². The molecule has 2 N–H and O–H groups in total. The van der Waals surface area contributed by atoms with Crippen LogP contribution in [0.25, 0.3) is 0 Å². The van der Waals surface area contributed by atoms with E-state index in [1.54, 1.807) is 0 Å². The highest BCUT2D eigenvalue weighted by atomic mass is 16.5. The van der Waals surface area contributed by atoms with Crippen LogP contribution in [0.1, 0.15) is 52.9 Å². The van der Waals surface area contributed by atoms with Crippen LogP contribution in [0.15, 0.2) is 0 Å². The van der Waals surface area contributed by atoms with E-state index in [9.17, 15) is 5.11 Å². The van der Waals surface area contributed by atoms with Gasteiger partial charge in [0.1, 0.15) is 0 Å². The number of ether oxygens (including phenoxy) is 2. The molecule has 1 aliphatic rings. The van der Waals surface area contributed by atoms with E-state index in [0.717, 1.165) is 32.5 Å². The Morgan fingerprint density at radius 1 is 1.37 bits per heavy atom. The average Bonchev–Trinajstić information content (AvgIpc) is 3.19. The summed E-state index contributed by atoms with van der Waals surface area (Å²) in [4.78, 5) is 0. The molecule has 0 amide bonds. The summed E-state index contributed by atoms with van der Waals surface area (Å²) in [7, 11) is 0. The highest BCUT2D eigenvalue weighted by Crippen LogP contribution is 2.24. The van der Waals surface area contributed by atoms with Crippen LogP contribution in [-0.4, -0.2) is 49.2 Å². The van der Waals surface area contributed by atoms with E-state index in [0.29, 0.717) is 12.6 Å². The van der Waals surface area contributed by atoms with Crippen molar-refractivity contribution in [1.29, 1.82) is 0 Å². The summed E-state index contributed by atoms with van der Waals surface area (Å²) in [5.74, 6) is 0. The Kier molecular flexibility index (Phi) is 7.91. The van der Waals surface area contributed by atoms with Gasteiger partial charge in [-0.15, -0.1) is 0 Å². The van der Waals surface area contributed by atoms with Crippen LogP contribution in [0, 0.1) is 0 Å². The zero-order valence-corrected chi connectivity index (χ0v) is 12.8. The summed E-state index contributed by atoms with van der Waals surface area (Å²) in [6, 6.07) is 0.639. The van der Waals surface area contributed by atoms with E-state index >= 15 is 0 Å². The van der Waals surface area contributed by atoms with Gasteiger partial charge < -0.3 is 19.9 Å². The number of unbranched alkanes of at least 4 members (excludes halogenated alkanes) is 1. The van der Waals surface area contributed by atoms with Gasteiger partial charge in [0.05, 0.1) is 19.3 Å². The number of hydrogen-bond acceptors (Lipinski definition) is 4. The highest BCUT2D eigenvalue weighted by Gasteiger charge is 2.31. The monoisotopic (exact) mass is 273 g/mol. The number of aliphatic hydroxyl groups is 1. The first kappa shape index (κ1) is 16.9. The Bertz CT molecular complexity index is 233. The average molecular weight is 273 g/mol. The predicted octanol–water partition coefficient (Wildman–Crippen LogP) is 2.10. The molecule has 0 aromatic carbocycles. The lowest BCUT2D eigenvalue weighted by Crippen LogP contribution is -2.46. The first-order valence-electron chi connectivity index (χ1n) is 7.67. The van der Waals surface area contributed by atoms with E-state index in [2.05, 4.69) is 12.2 Å². The molecule has 0 bridgehead atoms. The topological polar surface area (TPSA) is 50.7 Å². The fourth-order valence-corrected chi connectivity index (χ4v) is 2.15. The Morgan fingerprint density at radius 2 is 2.11 bits per heavy atom. The molecule has 2 unspecified atom stereocenters. The summed E-state index contributed by atoms with van der Waals surface area (Å²) in [6.45, 7) is 8.56. The van der Waals surface area contributed by atoms with Gasteiger partial charge in [0.15, 0.2) is 0 Å². The largest absolute Gasteiger partial charge is 0.394 e. The normalized spacial score (nSPS) is 20.2. The SMILES string of the molecule is CCOCC(C)OCCCCC(C)(CO)NC1CC1. The van der Waals surface area contributed by atoms with Crippen molar-refractivity contribution in [2.45, 2.75) is 70.6 Å². The standard InChI is InChI=1S/C15H31NO3/c1-4-18-11-13(2)19-10-6-5-9-15(3,12-17)16-14-7-8-14/h13-14,16-17H,4-12H2,1-3H3. The molecule has 4 nitrogen and oxygen atoms in total. The maximum Gasteiger partial charge on any atom is 0.0780 e. The van der Waals surface area contributed by atoms with Gasteiger partial charge in [-0.1, -0.05) is 0 Å². The van der Waals surface area contributed by atoms with Gasteiger partial charge in [-0.3, -0.25) is 0 Å². The fourth-order valence-electron chi connectivity index (χ4n) is 2.15.